The molecule has 0 saturated carbocycles. The molecule has 2 rings (SSSR count). The minimum absolute atomic E-state index is 0.0208. The van der Waals surface area contributed by atoms with Crippen LogP contribution in [0.5, 0.6) is 11.8 Å². The van der Waals surface area contributed by atoms with Crippen LogP contribution in [0, 0.1) is 5.82 Å². The van der Waals surface area contributed by atoms with Gasteiger partial charge in [-0.25, -0.2) is 14.4 Å². The van der Waals surface area contributed by atoms with Crippen LogP contribution in [-0.4, -0.2) is 24.2 Å². The average Bonchev–Trinajstić information content (AvgIpc) is 2.45. The van der Waals surface area contributed by atoms with Crippen LogP contribution in [0.4, 0.5) is 17.6 Å². The molecule has 0 atom stereocenters. The van der Waals surface area contributed by atoms with Crippen LogP contribution in [0.3, 0.4) is 0 Å². The van der Waals surface area contributed by atoms with E-state index in [0.29, 0.717) is 17.5 Å². The largest absolute Gasteiger partial charge is 0.481 e. The van der Waals surface area contributed by atoms with E-state index in [2.05, 4.69) is 14.7 Å². The van der Waals surface area contributed by atoms with Crippen molar-refractivity contribution in [2.45, 2.75) is 6.18 Å². The summed E-state index contributed by atoms with van der Waals surface area (Å²) in [5.74, 6) is -1.97. The summed E-state index contributed by atoms with van der Waals surface area (Å²) in [6, 6.07) is 3.67. The Morgan fingerprint density at radius 2 is 1.81 bits per heavy atom. The number of alkyl halides is 3. The highest BCUT2D eigenvalue weighted by molar-refractivity contribution is 5.60. The van der Waals surface area contributed by atoms with Gasteiger partial charge in [0.15, 0.2) is 5.56 Å². The lowest BCUT2D eigenvalue weighted by atomic mass is 10.1. The molecule has 0 N–H and O–H groups in total. The fourth-order valence-corrected chi connectivity index (χ4v) is 1.70. The summed E-state index contributed by atoms with van der Waals surface area (Å²) >= 11 is 0. The molecule has 21 heavy (non-hydrogen) atoms. The number of pyridine rings is 2. The molecule has 112 valence electrons. The SMILES string of the molecule is COc1ccc(-c2cc(F)c(C(F)(F)F)c(OC)n2)cn1. The van der Waals surface area contributed by atoms with Crippen LogP contribution >= 0.6 is 0 Å². The first-order valence-corrected chi connectivity index (χ1v) is 5.69. The molecule has 2 heterocycles. The number of rotatable bonds is 3. The number of methoxy groups -OCH3 is 2. The van der Waals surface area contributed by atoms with Gasteiger partial charge in [-0.15, -0.1) is 0 Å². The third kappa shape index (κ3) is 3.04. The highest BCUT2D eigenvalue weighted by Crippen LogP contribution is 2.38. The number of hydrogen-bond donors (Lipinski definition) is 0. The van der Waals surface area contributed by atoms with Crippen molar-refractivity contribution < 1.29 is 27.0 Å². The van der Waals surface area contributed by atoms with Crippen LogP contribution in [0.2, 0.25) is 0 Å². The standard InChI is InChI=1S/C13H10F4N2O2/c1-20-10-4-3-7(6-18-10)9-5-8(14)11(13(15,16)17)12(19-9)21-2/h3-6H,1-2H3. The van der Waals surface area contributed by atoms with E-state index in [-0.39, 0.29) is 5.69 Å². The molecule has 8 heteroatoms. The van der Waals surface area contributed by atoms with E-state index in [1.807, 2.05) is 0 Å². The predicted molar refractivity (Wildman–Crippen MR) is 65.5 cm³/mol. The molecule has 0 unspecified atom stereocenters. The Morgan fingerprint density at radius 3 is 2.29 bits per heavy atom. The number of nitrogens with zero attached hydrogens (tertiary/aromatic N) is 2. The van der Waals surface area contributed by atoms with Crippen molar-refractivity contribution in [3.63, 3.8) is 0 Å². The van der Waals surface area contributed by atoms with Crippen LogP contribution in [0.1, 0.15) is 5.56 Å². The molecular formula is C13H10F4N2O2. The minimum atomic E-state index is -4.89. The van der Waals surface area contributed by atoms with Gasteiger partial charge in [0, 0.05) is 23.9 Å². The first-order chi connectivity index (χ1) is 9.86. The van der Waals surface area contributed by atoms with Gasteiger partial charge in [-0.2, -0.15) is 13.2 Å². The molecule has 0 aliphatic heterocycles. The molecule has 4 nitrogen and oxygen atoms in total. The maximum Gasteiger partial charge on any atom is 0.424 e. The van der Waals surface area contributed by atoms with Crippen molar-refractivity contribution >= 4 is 0 Å². The molecular weight excluding hydrogens is 292 g/mol. The monoisotopic (exact) mass is 302 g/mol. The van der Waals surface area contributed by atoms with Gasteiger partial charge in [0.05, 0.1) is 19.9 Å². The van der Waals surface area contributed by atoms with Gasteiger partial charge >= 0.3 is 6.18 Å². The fraction of sp³-hybridized carbons (Fsp3) is 0.231. The number of ether oxygens (including phenoxy) is 2. The molecule has 0 radical (unpaired) electrons. The third-order valence-electron chi connectivity index (χ3n) is 2.66. The van der Waals surface area contributed by atoms with Crippen LogP contribution in [0.25, 0.3) is 11.3 Å². The van der Waals surface area contributed by atoms with Crippen LogP contribution < -0.4 is 9.47 Å². The van der Waals surface area contributed by atoms with Crippen LogP contribution in [-0.2, 0) is 6.18 Å². The predicted octanol–water partition coefficient (Wildman–Crippen LogP) is 3.32. The summed E-state index contributed by atoms with van der Waals surface area (Å²) in [5.41, 5.74) is -1.22. The summed E-state index contributed by atoms with van der Waals surface area (Å²) in [4.78, 5) is 7.56. The second-order valence-corrected chi connectivity index (χ2v) is 3.96. The molecule has 2 aromatic heterocycles. The quantitative estimate of drug-likeness (QED) is 0.816. The summed E-state index contributed by atoms with van der Waals surface area (Å²) in [5, 5.41) is 0. The van der Waals surface area contributed by atoms with Crippen molar-refractivity contribution in [3.05, 3.63) is 35.8 Å². The van der Waals surface area contributed by atoms with Gasteiger partial charge in [0.1, 0.15) is 5.82 Å². The average molecular weight is 302 g/mol. The van der Waals surface area contributed by atoms with Gasteiger partial charge in [0.25, 0.3) is 0 Å². The Balaban J connectivity index is 2.53. The maximum absolute atomic E-state index is 13.7. The normalized spacial score (nSPS) is 11.3. The second-order valence-electron chi connectivity index (χ2n) is 3.96. The zero-order chi connectivity index (χ0) is 15.6. The Kier molecular flexibility index (Phi) is 3.97. The summed E-state index contributed by atoms with van der Waals surface area (Å²) in [6.07, 6.45) is -3.58. The summed E-state index contributed by atoms with van der Waals surface area (Å²) in [7, 11) is 2.41. The lowest BCUT2D eigenvalue weighted by Crippen LogP contribution is -2.12. The van der Waals surface area contributed by atoms with E-state index in [1.54, 1.807) is 0 Å². The third-order valence-corrected chi connectivity index (χ3v) is 2.66. The summed E-state index contributed by atoms with van der Waals surface area (Å²) in [6.45, 7) is 0. The fourth-order valence-electron chi connectivity index (χ4n) is 1.70. The Hall–Kier alpha value is -2.38. The van der Waals surface area contributed by atoms with E-state index in [0.717, 1.165) is 7.11 Å². The molecule has 0 fully saturated rings. The first kappa shape index (κ1) is 15.0. The smallest absolute Gasteiger partial charge is 0.424 e. The highest BCUT2D eigenvalue weighted by Gasteiger charge is 2.39. The molecule has 0 bridgehead atoms. The second kappa shape index (κ2) is 5.55. The van der Waals surface area contributed by atoms with E-state index < -0.39 is 23.4 Å². The van der Waals surface area contributed by atoms with Crippen molar-refractivity contribution in [2.75, 3.05) is 14.2 Å². The van der Waals surface area contributed by atoms with Crippen LogP contribution in [0.15, 0.2) is 24.4 Å². The lowest BCUT2D eigenvalue weighted by molar-refractivity contribution is -0.141. The Bertz CT molecular complexity index is 642. The van der Waals surface area contributed by atoms with Crippen molar-refractivity contribution in [3.8, 4) is 23.0 Å². The minimum Gasteiger partial charge on any atom is -0.481 e. The highest BCUT2D eigenvalue weighted by atomic mass is 19.4. The van der Waals surface area contributed by atoms with E-state index in [9.17, 15) is 17.6 Å². The zero-order valence-corrected chi connectivity index (χ0v) is 11.0. The van der Waals surface area contributed by atoms with Gasteiger partial charge in [0.2, 0.25) is 11.8 Å². The zero-order valence-electron chi connectivity index (χ0n) is 11.0. The van der Waals surface area contributed by atoms with Crippen molar-refractivity contribution in [1.82, 2.24) is 9.97 Å². The topological polar surface area (TPSA) is 44.2 Å². The molecule has 0 aromatic carbocycles. The number of halogens is 4. The number of aromatic nitrogens is 2. The molecule has 0 amide bonds. The van der Waals surface area contributed by atoms with Gasteiger partial charge in [-0.05, 0) is 6.07 Å². The van der Waals surface area contributed by atoms with E-state index in [1.165, 1.54) is 25.4 Å². The number of hydrogen-bond acceptors (Lipinski definition) is 4. The maximum atomic E-state index is 13.7. The first-order valence-electron chi connectivity index (χ1n) is 5.69. The molecule has 2 aromatic rings. The van der Waals surface area contributed by atoms with E-state index >= 15 is 0 Å². The molecule has 0 aliphatic rings. The van der Waals surface area contributed by atoms with Crippen molar-refractivity contribution in [1.29, 1.82) is 0 Å². The van der Waals surface area contributed by atoms with E-state index in [4.69, 9.17) is 4.74 Å². The Morgan fingerprint density at radius 1 is 1.10 bits per heavy atom. The van der Waals surface area contributed by atoms with Gasteiger partial charge < -0.3 is 9.47 Å². The van der Waals surface area contributed by atoms with Crippen molar-refractivity contribution in [2.24, 2.45) is 0 Å². The van der Waals surface area contributed by atoms with Gasteiger partial charge in [-0.1, -0.05) is 0 Å². The molecule has 0 spiro atoms. The molecule has 0 aliphatic carbocycles. The lowest BCUT2D eigenvalue weighted by Gasteiger charge is -2.13. The van der Waals surface area contributed by atoms with Gasteiger partial charge in [-0.3, -0.25) is 0 Å². The molecule has 0 saturated heterocycles. The summed E-state index contributed by atoms with van der Waals surface area (Å²) < 4.78 is 61.4. The Labute approximate surface area is 117 Å².